The summed E-state index contributed by atoms with van der Waals surface area (Å²) < 4.78 is 5.45. The smallest absolute Gasteiger partial charge is 0.337 e. The molecule has 0 aliphatic carbocycles. The molecule has 1 heterocycles. The Kier molecular flexibility index (Phi) is 6.23. The molecule has 8 heteroatoms. The van der Waals surface area contributed by atoms with Gasteiger partial charge in [-0.15, -0.1) is 0 Å². The Balaban J connectivity index is 1.74. The van der Waals surface area contributed by atoms with Gasteiger partial charge in [0.05, 0.1) is 22.9 Å². The number of esters is 1. The predicted octanol–water partition coefficient (Wildman–Crippen LogP) is 3.86. The van der Waals surface area contributed by atoms with Gasteiger partial charge in [-0.3, -0.25) is 14.9 Å². The van der Waals surface area contributed by atoms with Crippen molar-refractivity contribution in [2.75, 3.05) is 12.4 Å². The molecule has 2 amide bonds. The standard InChI is InChI=1S/C21H21N3O4S/c1-4-12(2)22-19(26)15-9-10-16-17(11-15)29-21(23-16)24-18(25)13-5-7-14(8-6-13)20(27)28-3/h5-12H,4H2,1-3H3,(H,22,26)(H,23,24,25). The van der Waals surface area contributed by atoms with Gasteiger partial charge in [0.25, 0.3) is 11.8 Å². The van der Waals surface area contributed by atoms with Crippen molar-refractivity contribution in [3.63, 3.8) is 0 Å². The van der Waals surface area contributed by atoms with Gasteiger partial charge in [0, 0.05) is 17.2 Å². The first-order valence-electron chi connectivity index (χ1n) is 9.12. The van der Waals surface area contributed by atoms with Gasteiger partial charge in [-0.25, -0.2) is 9.78 Å². The van der Waals surface area contributed by atoms with Crippen molar-refractivity contribution in [3.8, 4) is 0 Å². The summed E-state index contributed by atoms with van der Waals surface area (Å²) in [5.74, 6) is -0.933. The molecule has 2 N–H and O–H groups in total. The number of hydrogen-bond acceptors (Lipinski definition) is 6. The molecule has 0 radical (unpaired) electrons. The second-order valence-corrected chi connectivity index (χ2v) is 7.54. The fourth-order valence-corrected chi connectivity index (χ4v) is 3.47. The molecule has 0 fully saturated rings. The van der Waals surface area contributed by atoms with E-state index in [1.807, 2.05) is 13.8 Å². The number of aromatic nitrogens is 1. The zero-order valence-electron chi connectivity index (χ0n) is 16.3. The lowest BCUT2D eigenvalue weighted by molar-refractivity contribution is 0.0600. The molecule has 1 atom stereocenters. The maximum atomic E-state index is 12.4. The Morgan fingerprint density at radius 3 is 2.34 bits per heavy atom. The molecule has 3 aromatic rings. The first-order chi connectivity index (χ1) is 13.9. The lowest BCUT2D eigenvalue weighted by Crippen LogP contribution is -2.31. The van der Waals surface area contributed by atoms with E-state index < -0.39 is 5.97 Å². The van der Waals surface area contributed by atoms with Crippen molar-refractivity contribution in [3.05, 3.63) is 59.2 Å². The van der Waals surface area contributed by atoms with Crippen LogP contribution in [0.4, 0.5) is 5.13 Å². The van der Waals surface area contributed by atoms with Crippen molar-refractivity contribution >= 4 is 44.5 Å². The van der Waals surface area contributed by atoms with Crippen LogP contribution in [0.5, 0.6) is 0 Å². The van der Waals surface area contributed by atoms with Gasteiger partial charge in [0.1, 0.15) is 0 Å². The zero-order chi connectivity index (χ0) is 21.0. The highest BCUT2D eigenvalue weighted by molar-refractivity contribution is 7.22. The van der Waals surface area contributed by atoms with E-state index in [1.54, 1.807) is 30.3 Å². The third-order valence-corrected chi connectivity index (χ3v) is 5.36. The Morgan fingerprint density at radius 1 is 1.03 bits per heavy atom. The predicted molar refractivity (Wildman–Crippen MR) is 113 cm³/mol. The minimum absolute atomic E-state index is 0.0973. The van der Waals surface area contributed by atoms with Gasteiger partial charge in [0.15, 0.2) is 5.13 Å². The molecule has 0 bridgehead atoms. The minimum Gasteiger partial charge on any atom is -0.465 e. The van der Waals surface area contributed by atoms with Crippen molar-refractivity contribution < 1.29 is 19.1 Å². The number of hydrogen-bond donors (Lipinski definition) is 2. The first kappa shape index (κ1) is 20.5. The highest BCUT2D eigenvalue weighted by Crippen LogP contribution is 2.27. The van der Waals surface area contributed by atoms with E-state index in [0.29, 0.717) is 27.3 Å². The number of benzene rings is 2. The molecule has 0 saturated heterocycles. The van der Waals surface area contributed by atoms with E-state index in [4.69, 9.17) is 0 Å². The Bertz CT molecular complexity index is 1060. The molecule has 3 rings (SSSR count). The van der Waals surface area contributed by atoms with E-state index in [1.165, 1.54) is 30.6 Å². The molecule has 2 aromatic carbocycles. The molecular weight excluding hydrogens is 390 g/mol. The Hall–Kier alpha value is -3.26. The molecule has 29 heavy (non-hydrogen) atoms. The Labute approximate surface area is 172 Å². The van der Waals surface area contributed by atoms with Gasteiger partial charge < -0.3 is 10.1 Å². The Morgan fingerprint density at radius 2 is 1.69 bits per heavy atom. The van der Waals surface area contributed by atoms with Crippen LogP contribution in [0.2, 0.25) is 0 Å². The highest BCUT2D eigenvalue weighted by atomic mass is 32.1. The fraction of sp³-hybridized carbons (Fsp3) is 0.238. The number of amides is 2. The summed E-state index contributed by atoms with van der Waals surface area (Å²) in [6, 6.07) is 11.5. The normalized spacial score (nSPS) is 11.7. The summed E-state index contributed by atoms with van der Waals surface area (Å²) in [4.78, 5) is 40.6. The second-order valence-electron chi connectivity index (χ2n) is 6.51. The summed E-state index contributed by atoms with van der Waals surface area (Å²) in [6.45, 7) is 3.96. The first-order valence-corrected chi connectivity index (χ1v) is 9.94. The van der Waals surface area contributed by atoms with Crippen LogP contribution in [0.25, 0.3) is 10.2 Å². The summed E-state index contributed by atoms with van der Waals surface area (Å²) >= 11 is 1.29. The van der Waals surface area contributed by atoms with Crippen molar-refractivity contribution in [1.29, 1.82) is 0 Å². The number of ether oxygens (including phenoxy) is 1. The zero-order valence-corrected chi connectivity index (χ0v) is 17.1. The third-order valence-electron chi connectivity index (χ3n) is 4.43. The van der Waals surface area contributed by atoms with E-state index >= 15 is 0 Å². The number of anilines is 1. The largest absolute Gasteiger partial charge is 0.465 e. The number of carbonyl (C=O) groups excluding carboxylic acids is 3. The minimum atomic E-state index is -0.462. The summed E-state index contributed by atoms with van der Waals surface area (Å²) in [5.41, 5.74) is 2.02. The van der Waals surface area contributed by atoms with Crippen LogP contribution in [0.1, 0.15) is 51.3 Å². The van der Waals surface area contributed by atoms with Crippen LogP contribution in [-0.4, -0.2) is 35.9 Å². The number of nitrogens with zero attached hydrogens (tertiary/aromatic N) is 1. The molecular formula is C21H21N3O4S. The number of nitrogens with one attached hydrogen (secondary N) is 2. The molecule has 0 aliphatic heterocycles. The van der Waals surface area contributed by atoms with E-state index in [2.05, 4.69) is 20.4 Å². The van der Waals surface area contributed by atoms with Gasteiger partial charge in [0.2, 0.25) is 0 Å². The molecule has 7 nitrogen and oxygen atoms in total. The second kappa shape index (κ2) is 8.83. The van der Waals surface area contributed by atoms with Gasteiger partial charge in [-0.1, -0.05) is 18.3 Å². The molecule has 1 aromatic heterocycles. The summed E-state index contributed by atoms with van der Waals surface area (Å²) in [6.07, 6.45) is 0.853. The van der Waals surface area contributed by atoms with Gasteiger partial charge in [-0.05, 0) is 55.8 Å². The monoisotopic (exact) mass is 411 g/mol. The van der Waals surface area contributed by atoms with E-state index in [9.17, 15) is 14.4 Å². The lowest BCUT2D eigenvalue weighted by Gasteiger charge is -2.10. The maximum absolute atomic E-state index is 12.4. The quantitative estimate of drug-likeness (QED) is 0.600. The van der Waals surface area contributed by atoms with Crippen LogP contribution in [0, 0.1) is 0 Å². The molecule has 0 spiro atoms. The average Bonchev–Trinajstić information content (AvgIpc) is 3.14. The SMILES string of the molecule is CCC(C)NC(=O)c1ccc2nc(NC(=O)c3ccc(C(=O)OC)cc3)sc2c1. The van der Waals surface area contributed by atoms with E-state index in [0.717, 1.165) is 11.1 Å². The number of rotatable bonds is 6. The summed E-state index contributed by atoms with van der Waals surface area (Å²) in [7, 11) is 1.30. The van der Waals surface area contributed by atoms with Gasteiger partial charge >= 0.3 is 5.97 Å². The molecule has 1 unspecified atom stereocenters. The van der Waals surface area contributed by atoms with Crippen LogP contribution >= 0.6 is 11.3 Å². The highest BCUT2D eigenvalue weighted by Gasteiger charge is 2.14. The molecule has 0 saturated carbocycles. The molecule has 0 aliphatic rings. The fourth-order valence-electron chi connectivity index (χ4n) is 2.57. The maximum Gasteiger partial charge on any atom is 0.337 e. The summed E-state index contributed by atoms with van der Waals surface area (Å²) in [5, 5.41) is 6.11. The number of thiazole rings is 1. The average molecular weight is 411 g/mol. The van der Waals surface area contributed by atoms with Crippen molar-refractivity contribution in [2.24, 2.45) is 0 Å². The number of fused-ring (bicyclic) bond motifs is 1. The number of methoxy groups -OCH3 is 1. The molecule has 150 valence electrons. The topological polar surface area (TPSA) is 97.4 Å². The number of carbonyl (C=O) groups is 3. The van der Waals surface area contributed by atoms with Crippen LogP contribution in [0.15, 0.2) is 42.5 Å². The van der Waals surface area contributed by atoms with Crippen molar-refractivity contribution in [1.82, 2.24) is 10.3 Å². The van der Waals surface area contributed by atoms with Gasteiger partial charge in [-0.2, -0.15) is 0 Å². The van der Waals surface area contributed by atoms with Crippen molar-refractivity contribution in [2.45, 2.75) is 26.3 Å². The third kappa shape index (κ3) is 4.78. The van der Waals surface area contributed by atoms with E-state index in [-0.39, 0.29) is 17.9 Å². The van der Waals surface area contributed by atoms with Crippen LogP contribution in [0.3, 0.4) is 0 Å². The van der Waals surface area contributed by atoms with Crippen LogP contribution in [-0.2, 0) is 4.74 Å². The lowest BCUT2D eigenvalue weighted by atomic mass is 10.1. The van der Waals surface area contributed by atoms with Crippen LogP contribution < -0.4 is 10.6 Å².